The average Bonchev–Trinajstić information content (AvgIpc) is 2.37. The van der Waals surface area contributed by atoms with E-state index >= 15 is 0 Å². The number of hydrogen-bond donors (Lipinski definition) is 2. The third-order valence-electron chi connectivity index (χ3n) is 3.23. The van der Waals surface area contributed by atoms with Crippen LogP contribution in [0.15, 0.2) is 27.5 Å². The zero-order valence-corrected chi connectivity index (χ0v) is 14.0. The van der Waals surface area contributed by atoms with Gasteiger partial charge in [-0.25, -0.2) is 4.98 Å². The summed E-state index contributed by atoms with van der Waals surface area (Å²) in [5, 5.41) is 3.31. The molecule has 0 aliphatic heterocycles. The molecule has 112 valence electrons. The van der Waals surface area contributed by atoms with Gasteiger partial charge in [0.15, 0.2) is 0 Å². The molecule has 21 heavy (non-hydrogen) atoms. The molecule has 0 fully saturated rings. The van der Waals surface area contributed by atoms with E-state index in [1.54, 1.807) is 14.0 Å². The Kier molecular flexibility index (Phi) is 4.67. The highest BCUT2D eigenvalue weighted by molar-refractivity contribution is 9.10. The topological polar surface area (TPSA) is 67.0 Å². The van der Waals surface area contributed by atoms with E-state index in [9.17, 15) is 4.79 Å². The van der Waals surface area contributed by atoms with Gasteiger partial charge in [-0.1, -0.05) is 0 Å². The number of H-pyrrole nitrogens is 1. The molecule has 0 bridgehead atoms. The first-order chi connectivity index (χ1) is 9.92. The van der Waals surface area contributed by atoms with Crippen LogP contribution in [-0.2, 0) is 0 Å². The number of hydrogen-bond acceptors (Lipinski definition) is 4. The summed E-state index contributed by atoms with van der Waals surface area (Å²) in [6.45, 7) is 5.56. The third-order valence-corrected chi connectivity index (χ3v) is 3.85. The van der Waals surface area contributed by atoms with Gasteiger partial charge >= 0.3 is 0 Å². The van der Waals surface area contributed by atoms with Gasteiger partial charge in [-0.2, -0.15) is 0 Å². The van der Waals surface area contributed by atoms with E-state index < -0.39 is 0 Å². The number of nitrogens with one attached hydrogen (secondary N) is 2. The number of rotatable bonds is 4. The lowest BCUT2D eigenvalue weighted by Crippen LogP contribution is -2.23. The SMILES string of the molecule is COc1ccc(NC(C)c2c(C)nc(C)[nH]c2=O)cc1Br. The van der Waals surface area contributed by atoms with Crippen LogP contribution in [0.1, 0.15) is 30.0 Å². The fourth-order valence-electron chi connectivity index (χ4n) is 2.32. The normalized spacial score (nSPS) is 12.0. The van der Waals surface area contributed by atoms with Crippen LogP contribution in [0.3, 0.4) is 0 Å². The van der Waals surface area contributed by atoms with Crippen molar-refractivity contribution in [3.8, 4) is 5.75 Å². The Labute approximate surface area is 131 Å². The predicted molar refractivity (Wildman–Crippen MR) is 87.1 cm³/mol. The lowest BCUT2D eigenvalue weighted by atomic mass is 10.1. The van der Waals surface area contributed by atoms with E-state index in [4.69, 9.17) is 4.74 Å². The first kappa shape index (κ1) is 15.6. The van der Waals surface area contributed by atoms with Crippen molar-refractivity contribution in [3.63, 3.8) is 0 Å². The van der Waals surface area contributed by atoms with Crippen molar-refractivity contribution in [2.45, 2.75) is 26.8 Å². The second kappa shape index (κ2) is 6.30. The van der Waals surface area contributed by atoms with Crippen molar-refractivity contribution in [1.82, 2.24) is 9.97 Å². The summed E-state index contributed by atoms with van der Waals surface area (Å²) < 4.78 is 6.06. The molecule has 5 nitrogen and oxygen atoms in total. The van der Waals surface area contributed by atoms with Crippen LogP contribution in [0.25, 0.3) is 0 Å². The smallest absolute Gasteiger partial charge is 0.256 e. The van der Waals surface area contributed by atoms with Crippen molar-refractivity contribution in [3.05, 3.63) is 50.1 Å². The molecule has 2 N–H and O–H groups in total. The van der Waals surface area contributed by atoms with Crippen LogP contribution in [0, 0.1) is 13.8 Å². The van der Waals surface area contributed by atoms with Gasteiger partial charge in [0, 0.05) is 5.69 Å². The first-order valence-electron chi connectivity index (χ1n) is 6.60. The molecule has 0 saturated heterocycles. The summed E-state index contributed by atoms with van der Waals surface area (Å²) in [7, 11) is 1.62. The minimum absolute atomic E-state index is 0.104. The number of aromatic nitrogens is 2. The van der Waals surface area contributed by atoms with E-state index in [1.165, 1.54) is 0 Å². The van der Waals surface area contributed by atoms with Gasteiger partial charge in [0.25, 0.3) is 5.56 Å². The molecule has 1 aromatic heterocycles. The van der Waals surface area contributed by atoms with Gasteiger partial charge < -0.3 is 15.0 Å². The molecule has 0 radical (unpaired) electrons. The largest absolute Gasteiger partial charge is 0.496 e. The lowest BCUT2D eigenvalue weighted by molar-refractivity contribution is 0.412. The van der Waals surface area contributed by atoms with Crippen LogP contribution in [0.4, 0.5) is 5.69 Å². The van der Waals surface area contributed by atoms with Crippen molar-refractivity contribution in [2.24, 2.45) is 0 Å². The number of methoxy groups -OCH3 is 1. The minimum atomic E-state index is -0.151. The predicted octanol–water partition coefficient (Wildman–Crippen LogP) is 3.33. The Bertz CT molecular complexity index is 713. The Hall–Kier alpha value is -1.82. The highest BCUT2D eigenvalue weighted by Crippen LogP contribution is 2.29. The monoisotopic (exact) mass is 351 g/mol. The van der Waals surface area contributed by atoms with E-state index in [2.05, 4.69) is 31.2 Å². The van der Waals surface area contributed by atoms with Crippen LogP contribution < -0.4 is 15.6 Å². The van der Waals surface area contributed by atoms with Gasteiger partial charge in [-0.15, -0.1) is 0 Å². The Morgan fingerprint density at radius 1 is 1.38 bits per heavy atom. The van der Waals surface area contributed by atoms with Crippen molar-refractivity contribution in [1.29, 1.82) is 0 Å². The van der Waals surface area contributed by atoms with Crippen molar-refractivity contribution < 1.29 is 4.74 Å². The Morgan fingerprint density at radius 3 is 2.67 bits per heavy atom. The maximum atomic E-state index is 12.1. The summed E-state index contributed by atoms with van der Waals surface area (Å²) >= 11 is 3.45. The molecule has 0 spiro atoms. The average molecular weight is 352 g/mol. The minimum Gasteiger partial charge on any atom is -0.496 e. The number of aromatic amines is 1. The number of halogens is 1. The van der Waals surface area contributed by atoms with Gasteiger partial charge in [0.05, 0.1) is 28.9 Å². The van der Waals surface area contributed by atoms with Gasteiger partial charge in [-0.05, 0) is 54.9 Å². The van der Waals surface area contributed by atoms with E-state index in [1.807, 2.05) is 32.0 Å². The second-order valence-electron chi connectivity index (χ2n) is 4.87. The fraction of sp³-hybridized carbons (Fsp3) is 0.333. The summed E-state index contributed by atoms with van der Waals surface area (Å²) in [5.74, 6) is 1.39. The zero-order chi connectivity index (χ0) is 15.6. The van der Waals surface area contributed by atoms with Gasteiger partial charge in [0.1, 0.15) is 11.6 Å². The third kappa shape index (κ3) is 3.44. The molecule has 0 amide bonds. The van der Waals surface area contributed by atoms with E-state index in [0.29, 0.717) is 11.4 Å². The molecule has 0 saturated carbocycles. The molecule has 0 aliphatic carbocycles. The quantitative estimate of drug-likeness (QED) is 0.886. The van der Waals surface area contributed by atoms with Crippen LogP contribution in [-0.4, -0.2) is 17.1 Å². The van der Waals surface area contributed by atoms with Crippen LogP contribution in [0.2, 0.25) is 0 Å². The molecular weight excluding hydrogens is 334 g/mol. The molecular formula is C15H18BrN3O2. The molecule has 6 heteroatoms. The molecule has 2 aromatic rings. The second-order valence-corrected chi connectivity index (χ2v) is 5.72. The van der Waals surface area contributed by atoms with Crippen LogP contribution >= 0.6 is 15.9 Å². The standard InChI is InChI=1S/C15H18BrN3O2/c1-8-14(15(20)19-10(3)17-8)9(2)18-11-5-6-13(21-4)12(16)7-11/h5-7,9,18H,1-4H3,(H,17,19,20). The molecule has 1 aromatic carbocycles. The number of anilines is 1. The maximum absolute atomic E-state index is 12.1. The fourth-order valence-corrected chi connectivity index (χ4v) is 2.86. The Balaban J connectivity index is 2.28. The summed E-state index contributed by atoms with van der Waals surface area (Å²) in [6.07, 6.45) is 0. The molecule has 0 aliphatic rings. The van der Waals surface area contributed by atoms with Gasteiger partial charge in [-0.3, -0.25) is 4.79 Å². The summed E-state index contributed by atoms with van der Waals surface area (Å²) in [6, 6.07) is 5.54. The maximum Gasteiger partial charge on any atom is 0.256 e. The molecule has 1 unspecified atom stereocenters. The zero-order valence-electron chi connectivity index (χ0n) is 12.5. The molecule has 1 heterocycles. The number of ether oxygens (including phenoxy) is 1. The van der Waals surface area contributed by atoms with E-state index in [0.717, 1.165) is 21.6 Å². The van der Waals surface area contributed by atoms with Crippen LogP contribution in [0.5, 0.6) is 5.75 Å². The number of benzene rings is 1. The summed E-state index contributed by atoms with van der Waals surface area (Å²) in [4.78, 5) is 19.2. The van der Waals surface area contributed by atoms with E-state index in [-0.39, 0.29) is 11.6 Å². The molecule has 2 rings (SSSR count). The van der Waals surface area contributed by atoms with Crippen molar-refractivity contribution in [2.75, 3.05) is 12.4 Å². The highest BCUT2D eigenvalue weighted by atomic mass is 79.9. The molecule has 1 atom stereocenters. The lowest BCUT2D eigenvalue weighted by Gasteiger charge is -2.17. The summed E-state index contributed by atoms with van der Waals surface area (Å²) in [5.41, 5.74) is 2.18. The van der Waals surface area contributed by atoms with Gasteiger partial charge in [0.2, 0.25) is 0 Å². The Morgan fingerprint density at radius 2 is 2.10 bits per heavy atom. The number of nitrogens with zero attached hydrogens (tertiary/aromatic N) is 1. The number of aryl methyl sites for hydroxylation is 2. The van der Waals surface area contributed by atoms with Crippen molar-refractivity contribution >= 4 is 21.6 Å². The highest BCUT2D eigenvalue weighted by Gasteiger charge is 2.15. The first-order valence-corrected chi connectivity index (χ1v) is 7.39.